The molecule has 0 saturated heterocycles. The van der Waals surface area contributed by atoms with E-state index in [1.165, 1.54) is 70.1 Å². The molecule has 27 heavy (non-hydrogen) atoms. The minimum Gasteiger partial charge on any atom is -0.381 e. The second-order valence-electron chi connectivity index (χ2n) is 8.31. The normalized spacial score (nSPS) is 19.9. The molecule has 2 aromatic heterocycles. The molecule has 4 rings (SSSR count). The lowest BCUT2D eigenvalue weighted by molar-refractivity contribution is 0.109. The van der Waals surface area contributed by atoms with Crippen LogP contribution in [-0.2, 0) is 0 Å². The van der Waals surface area contributed by atoms with Crippen LogP contribution >= 0.6 is 0 Å². The summed E-state index contributed by atoms with van der Waals surface area (Å²) in [5.41, 5.74) is 3.54. The molecule has 2 saturated carbocycles. The molecule has 0 unspecified atom stereocenters. The summed E-state index contributed by atoms with van der Waals surface area (Å²) in [4.78, 5) is 7.09. The van der Waals surface area contributed by atoms with Crippen molar-refractivity contribution in [2.45, 2.75) is 63.8 Å². The first-order valence-electron chi connectivity index (χ1n) is 10.1. The zero-order valence-electron chi connectivity index (χ0n) is 15.9. The van der Waals surface area contributed by atoms with Gasteiger partial charge in [0.2, 0.25) is 0 Å². The molecule has 1 spiro atoms. The summed E-state index contributed by atoms with van der Waals surface area (Å²) in [5, 5.41) is 7.51. The molecule has 2 aliphatic rings. The molecule has 4 nitrogen and oxygen atoms in total. The smallest absolute Gasteiger partial charge is 0.142 e. The highest BCUT2D eigenvalue weighted by Crippen LogP contribution is 2.47. The zero-order chi connectivity index (χ0) is 18.9. The Morgan fingerprint density at radius 2 is 1.85 bits per heavy atom. The van der Waals surface area contributed by atoms with Gasteiger partial charge in [-0.1, -0.05) is 32.4 Å². The second kappa shape index (κ2) is 7.37. The Morgan fingerprint density at radius 3 is 2.59 bits per heavy atom. The molecule has 2 fully saturated rings. The second-order valence-corrected chi connectivity index (χ2v) is 8.31. The predicted octanol–water partition coefficient (Wildman–Crippen LogP) is 5.62. The van der Waals surface area contributed by atoms with Crippen LogP contribution in [0.5, 0.6) is 0 Å². The maximum Gasteiger partial charge on any atom is 0.142 e. The monoisotopic (exact) mass is 368 g/mol. The van der Waals surface area contributed by atoms with Gasteiger partial charge in [-0.15, -0.1) is 0 Å². The van der Waals surface area contributed by atoms with Gasteiger partial charge < -0.3 is 15.6 Å². The molecule has 3 N–H and O–H groups in total. The molecule has 0 aliphatic heterocycles. The highest BCUT2D eigenvalue weighted by Gasteiger charge is 2.36. The minimum absolute atomic E-state index is 0.355. The third-order valence-corrected chi connectivity index (χ3v) is 6.49. The number of hydrogen-bond acceptors (Lipinski definition) is 3. The Kier molecular flexibility index (Phi) is 4.94. The highest BCUT2D eigenvalue weighted by molar-refractivity contribution is 5.90. The standard InChI is InChI=1S/C22H29FN4/c1-15(26-18-6-10-22(11-7-18)8-4-3-5-9-22)16(2)27-20-14-25-21-19(20)12-17(23)13-24-21/h12-14,18,26-27H,1-11H2,(H,24,25). The SMILES string of the molecule is C=C(Nc1c[nH]c2ncc(F)cc12)C(=C)NC1CCC2(CCCCC2)CC1. The van der Waals surface area contributed by atoms with Crippen LogP contribution in [0.15, 0.2) is 43.0 Å². The molecular formula is C22H29FN4. The maximum absolute atomic E-state index is 13.5. The molecule has 0 atom stereocenters. The van der Waals surface area contributed by atoms with Crippen LogP contribution in [0.3, 0.4) is 0 Å². The quantitative estimate of drug-likeness (QED) is 0.600. The van der Waals surface area contributed by atoms with E-state index in [9.17, 15) is 4.39 Å². The van der Waals surface area contributed by atoms with Gasteiger partial charge in [0.1, 0.15) is 11.5 Å². The van der Waals surface area contributed by atoms with Crippen LogP contribution in [0.25, 0.3) is 11.0 Å². The Labute approximate surface area is 160 Å². The number of H-pyrrole nitrogens is 1. The van der Waals surface area contributed by atoms with Gasteiger partial charge in [-0.3, -0.25) is 0 Å². The molecule has 2 aromatic rings. The molecular weight excluding hydrogens is 339 g/mol. The van der Waals surface area contributed by atoms with Crippen LogP contribution in [0.1, 0.15) is 57.8 Å². The number of fused-ring (bicyclic) bond motifs is 1. The summed E-state index contributed by atoms with van der Waals surface area (Å²) in [6.45, 7) is 8.26. The van der Waals surface area contributed by atoms with Crippen molar-refractivity contribution >= 4 is 16.7 Å². The van der Waals surface area contributed by atoms with Gasteiger partial charge in [0.15, 0.2) is 0 Å². The Balaban J connectivity index is 1.33. The topological polar surface area (TPSA) is 52.7 Å². The van der Waals surface area contributed by atoms with Crippen LogP contribution in [0.4, 0.5) is 10.1 Å². The van der Waals surface area contributed by atoms with E-state index < -0.39 is 0 Å². The van der Waals surface area contributed by atoms with Gasteiger partial charge in [-0.2, -0.15) is 0 Å². The van der Waals surface area contributed by atoms with Crippen molar-refractivity contribution in [2.24, 2.45) is 5.41 Å². The molecule has 144 valence electrons. The molecule has 5 heteroatoms. The lowest BCUT2D eigenvalue weighted by atomic mass is 9.64. The van der Waals surface area contributed by atoms with E-state index in [0.717, 1.165) is 11.4 Å². The number of pyridine rings is 1. The average molecular weight is 369 g/mol. The van der Waals surface area contributed by atoms with Crippen LogP contribution < -0.4 is 10.6 Å². The van der Waals surface area contributed by atoms with Gasteiger partial charge in [-0.25, -0.2) is 9.37 Å². The average Bonchev–Trinajstić information content (AvgIpc) is 3.06. The van der Waals surface area contributed by atoms with Crippen molar-refractivity contribution < 1.29 is 4.39 Å². The number of halogens is 1. The fourth-order valence-corrected chi connectivity index (χ4v) is 4.83. The molecule has 0 aromatic carbocycles. The predicted molar refractivity (Wildman–Crippen MR) is 109 cm³/mol. The van der Waals surface area contributed by atoms with E-state index in [4.69, 9.17) is 0 Å². The van der Waals surface area contributed by atoms with Gasteiger partial charge >= 0.3 is 0 Å². The van der Waals surface area contributed by atoms with Crippen LogP contribution in [0, 0.1) is 11.2 Å². The summed E-state index contributed by atoms with van der Waals surface area (Å²) in [7, 11) is 0. The first-order valence-corrected chi connectivity index (χ1v) is 10.1. The van der Waals surface area contributed by atoms with Crippen molar-refractivity contribution in [3.63, 3.8) is 0 Å². The summed E-state index contributed by atoms with van der Waals surface area (Å²) >= 11 is 0. The van der Waals surface area contributed by atoms with Crippen LogP contribution in [-0.4, -0.2) is 16.0 Å². The Hall–Kier alpha value is -2.30. The van der Waals surface area contributed by atoms with Gasteiger partial charge in [-0.05, 0) is 50.0 Å². The number of nitrogens with zero attached hydrogens (tertiary/aromatic N) is 1. The zero-order valence-corrected chi connectivity index (χ0v) is 15.9. The first-order chi connectivity index (χ1) is 13.0. The maximum atomic E-state index is 13.5. The molecule has 2 aliphatic carbocycles. The number of hydrogen-bond donors (Lipinski definition) is 3. The molecule has 0 amide bonds. The van der Waals surface area contributed by atoms with Crippen LogP contribution in [0.2, 0.25) is 0 Å². The largest absolute Gasteiger partial charge is 0.381 e. The number of nitrogens with one attached hydrogen (secondary N) is 3. The summed E-state index contributed by atoms with van der Waals surface area (Å²) in [6, 6.07) is 1.93. The molecule has 0 bridgehead atoms. The third-order valence-electron chi connectivity index (χ3n) is 6.49. The van der Waals surface area contributed by atoms with E-state index in [2.05, 4.69) is 33.8 Å². The van der Waals surface area contributed by atoms with Crippen molar-refractivity contribution in [3.8, 4) is 0 Å². The van der Waals surface area contributed by atoms with E-state index in [0.29, 0.717) is 28.2 Å². The number of rotatable bonds is 5. The number of anilines is 1. The van der Waals surface area contributed by atoms with E-state index >= 15 is 0 Å². The molecule has 0 radical (unpaired) electrons. The lowest BCUT2D eigenvalue weighted by Crippen LogP contribution is -2.38. The highest BCUT2D eigenvalue weighted by atomic mass is 19.1. The molecule has 2 heterocycles. The first kappa shape index (κ1) is 18.1. The van der Waals surface area contributed by atoms with Gasteiger partial charge in [0.25, 0.3) is 0 Å². The fraction of sp³-hybridized carbons (Fsp3) is 0.500. The van der Waals surface area contributed by atoms with Crippen molar-refractivity contribution in [2.75, 3.05) is 5.32 Å². The van der Waals surface area contributed by atoms with E-state index in [1.54, 1.807) is 6.20 Å². The van der Waals surface area contributed by atoms with E-state index in [-0.39, 0.29) is 5.82 Å². The summed E-state index contributed by atoms with van der Waals surface area (Å²) < 4.78 is 13.5. The Bertz CT molecular complexity index is 837. The van der Waals surface area contributed by atoms with Gasteiger partial charge in [0, 0.05) is 17.6 Å². The number of aromatic nitrogens is 2. The lowest BCUT2D eigenvalue weighted by Gasteiger charge is -2.43. The summed E-state index contributed by atoms with van der Waals surface area (Å²) in [6.07, 6.45) is 15.1. The Morgan fingerprint density at radius 1 is 1.11 bits per heavy atom. The minimum atomic E-state index is -0.355. The van der Waals surface area contributed by atoms with Crippen molar-refractivity contribution in [1.82, 2.24) is 15.3 Å². The fourth-order valence-electron chi connectivity index (χ4n) is 4.83. The van der Waals surface area contributed by atoms with Gasteiger partial charge in [0.05, 0.1) is 23.3 Å². The van der Waals surface area contributed by atoms with Crippen molar-refractivity contribution in [1.29, 1.82) is 0 Å². The van der Waals surface area contributed by atoms with Crippen molar-refractivity contribution in [3.05, 3.63) is 48.8 Å². The number of aromatic amines is 1. The third kappa shape index (κ3) is 3.87. The summed E-state index contributed by atoms with van der Waals surface area (Å²) in [5.74, 6) is -0.355. The van der Waals surface area contributed by atoms with E-state index in [1.807, 2.05) is 0 Å².